The molecule has 0 atom stereocenters. The van der Waals surface area contributed by atoms with Gasteiger partial charge in [-0.1, -0.05) is 26.0 Å². The first-order valence-electron chi connectivity index (χ1n) is 9.60. The van der Waals surface area contributed by atoms with Crippen LogP contribution in [0.5, 0.6) is 0 Å². The van der Waals surface area contributed by atoms with Gasteiger partial charge in [-0.2, -0.15) is 5.10 Å². The molecule has 0 radical (unpaired) electrons. The summed E-state index contributed by atoms with van der Waals surface area (Å²) in [6.07, 6.45) is 2.53. The van der Waals surface area contributed by atoms with Gasteiger partial charge in [0.15, 0.2) is 11.6 Å². The number of Topliss-reactive ketones (excluding diaryl/α,β-unsaturated/α-hetero) is 1. The average Bonchev–Trinajstić information content (AvgIpc) is 3.24. The van der Waals surface area contributed by atoms with Crippen LogP contribution in [-0.2, 0) is 13.1 Å². The fourth-order valence-corrected chi connectivity index (χ4v) is 3.31. The first kappa shape index (κ1) is 20.4. The van der Waals surface area contributed by atoms with Crippen molar-refractivity contribution in [2.75, 3.05) is 0 Å². The van der Waals surface area contributed by atoms with Crippen molar-refractivity contribution in [1.82, 2.24) is 19.3 Å². The van der Waals surface area contributed by atoms with Crippen LogP contribution < -0.4 is 0 Å². The molecule has 2 heterocycles. The molecule has 3 rings (SSSR count). The molecule has 29 heavy (non-hydrogen) atoms. The minimum absolute atomic E-state index is 0.0243. The molecule has 0 amide bonds. The normalized spacial score (nSPS) is 11.2. The van der Waals surface area contributed by atoms with Crippen molar-refractivity contribution in [2.45, 2.75) is 47.2 Å². The summed E-state index contributed by atoms with van der Waals surface area (Å²) in [6.45, 7) is 9.31. The lowest BCUT2D eigenvalue weighted by Gasteiger charge is -2.11. The van der Waals surface area contributed by atoms with Crippen LogP contribution in [-0.4, -0.2) is 30.0 Å². The number of carbonyl (C=O) groups is 1. The van der Waals surface area contributed by atoms with Gasteiger partial charge < -0.3 is 4.57 Å². The van der Waals surface area contributed by atoms with Crippen molar-refractivity contribution < 1.29 is 9.72 Å². The monoisotopic (exact) mass is 395 g/mol. The maximum absolute atomic E-state index is 12.8. The third-order valence-corrected chi connectivity index (χ3v) is 4.96. The van der Waals surface area contributed by atoms with Gasteiger partial charge in [0, 0.05) is 41.2 Å². The molecule has 0 saturated heterocycles. The summed E-state index contributed by atoms with van der Waals surface area (Å²) in [5, 5.41) is 15.3. The Kier molecular flexibility index (Phi) is 5.91. The van der Waals surface area contributed by atoms with Gasteiger partial charge in [0.25, 0.3) is 5.69 Å². The van der Waals surface area contributed by atoms with Gasteiger partial charge >= 0.3 is 0 Å². The number of nitro benzene ring substituents is 1. The van der Waals surface area contributed by atoms with Crippen LogP contribution in [0.25, 0.3) is 11.4 Å². The molecule has 8 heteroatoms. The van der Waals surface area contributed by atoms with Crippen LogP contribution in [0.15, 0.2) is 36.7 Å². The zero-order chi connectivity index (χ0) is 21.1. The number of benzene rings is 1. The maximum Gasteiger partial charge on any atom is 0.270 e. The predicted octanol–water partition coefficient (Wildman–Crippen LogP) is 4.20. The van der Waals surface area contributed by atoms with E-state index in [9.17, 15) is 14.9 Å². The lowest BCUT2D eigenvalue weighted by molar-refractivity contribution is -0.384. The van der Waals surface area contributed by atoms with E-state index in [1.54, 1.807) is 12.1 Å². The number of aromatic nitrogens is 4. The minimum Gasteiger partial charge on any atom is -0.348 e. The van der Waals surface area contributed by atoms with Gasteiger partial charge in [0.05, 0.1) is 4.92 Å². The summed E-state index contributed by atoms with van der Waals surface area (Å²) < 4.78 is 3.65. The molecule has 3 aromatic rings. The second-order valence-corrected chi connectivity index (χ2v) is 7.62. The Balaban J connectivity index is 1.76. The number of hydrogen-bond donors (Lipinski definition) is 0. The van der Waals surface area contributed by atoms with Gasteiger partial charge in [-0.25, -0.2) is 9.67 Å². The summed E-state index contributed by atoms with van der Waals surface area (Å²) in [5.74, 6) is 0.908. The second kappa shape index (κ2) is 8.38. The van der Waals surface area contributed by atoms with E-state index in [0.717, 1.165) is 24.4 Å². The van der Waals surface area contributed by atoms with Gasteiger partial charge in [0.1, 0.15) is 12.9 Å². The fourth-order valence-electron chi connectivity index (χ4n) is 3.31. The summed E-state index contributed by atoms with van der Waals surface area (Å²) in [4.78, 5) is 27.5. The number of hydrogen-bond acceptors (Lipinski definition) is 5. The topological polar surface area (TPSA) is 95.8 Å². The molecule has 1 aromatic carbocycles. The van der Waals surface area contributed by atoms with Gasteiger partial charge in [-0.3, -0.25) is 14.9 Å². The van der Waals surface area contributed by atoms with Gasteiger partial charge in [-0.15, -0.1) is 0 Å². The van der Waals surface area contributed by atoms with Gasteiger partial charge in [-0.05, 0) is 32.3 Å². The van der Waals surface area contributed by atoms with Gasteiger partial charge in [0.2, 0.25) is 0 Å². The Bertz CT molecular complexity index is 1050. The molecule has 0 saturated carbocycles. The van der Waals surface area contributed by atoms with Crippen LogP contribution in [0.2, 0.25) is 0 Å². The quantitative estimate of drug-likeness (QED) is 0.323. The van der Waals surface area contributed by atoms with Crippen LogP contribution in [0.4, 0.5) is 5.69 Å². The number of aryl methyl sites for hydroxylation is 1. The Morgan fingerprint density at radius 3 is 2.69 bits per heavy atom. The van der Waals surface area contributed by atoms with Crippen molar-refractivity contribution in [3.05, 3.63) is 63.7 Å². The molecular weight excluding hydrogens is 370 g/mol. The molecule has 8 nitrogen and oxygen atoms in total. The standard InChI is InChI=1S/C21H25N5O3/c1-14(2)8-9-25-15(3)10-19(16(25)4)20(27)12-24-13-22-21(23-24)17-6-5-7-18(11-17)26(28)29/h5-7,10-11,13-14H,8-9,12H2,1-4H3. The maximum atomic E-state index is 12.8. The first-order chi connectivity index (χ1) is 13.8. The molecule has 152 valence electrons. The van der Waals surface area contributed by atoms with Crippen molar-refractivity contribution in [3.63, 3.8) is 0 Å². The lowest BCUT2D eigenvalue weighted by atomic mass is 10.1. The lowest BCUT2D eigenvalue weighted by Crippen LogP contribution is -2.12. The number of nitrogens with zero attached hydrogens (tertiary/aromatic N) is 5. The van der Waals surface area contributed by atoms with Crippen molar-refractivity contribution >= 4 is 11.5 Å². The zero-order valence-corrected chi connectivity index (χ0v) is 17.1. The van der Waals surface area contributed by atoms with Crippen LogP contribution in [0.3, 0.4) is 0 Å². The number of nitro groups is 1. The molecule has 0 spiro atoms. The van der Waals surface area contributed by atoms with E-state index in [1.807, 2.05) is 19.9 Å². The molecule has 0 aliphatic heterocycles. The fraction of sp³-hybridized carbons (Fsp3) is 0.381. The van der Waals surface area contributed by atoms with Crippen LogP contribution in [0, 0.1) is 29.9 Å². The molecule has 0 bridgehead atoms. The predicted molar refractivity (Wildman–Crippen MR) is 110 cm³/mol. The van der Waals surface area contributed by atoms with E-state index in [4.69, 9.17) is 0 Å². The van der Waals surface area contributed by atoms with E-state index in [-0.39, 0.29) is 18.0 Å². The molecule has 0 aliphatic carbocycles. The molecule has 0 unspecified atom stereocenters. The molecule has 0 fully saturated rings. The van der Waals surface area contributed by atoms with E-state index in [0.29, 0.717) is 22.9 Å². The Hall–Kier alpha value is -3.29. The Morgan fingerprint density at radius 1 is 1.24 bits per heavy atom. The SMILES string of the molecule is Cc1cc(C(=O)Cn2cnc(-c3cccc([N+](=O)[O-])c3)n2)c(C)n1CCC(C)C. The molecule has 2 aromatic heterocycles. The van der Waals surface area contributed by atoms with Crippen LogP contribution >= 0.6 is 0 Å². The minimum atomic E-state index is -0.459. The Labute approximate surface area is 169 Å². The first-order valence-corrected chi connectivity index (χ1v) is 9.60. The second-order valence-electron chi connectivity index (χ2n) is 7.62. The highest BCUT2D eigenvalue weighted by atomic mass is 16.6. The average molecular weight is 395 g/mol. The summed E-state index contributed by atoms with van der Waals surface area (Å²) in [7, 11) is 0. The number of ketones is 1. The van der Waals surface area contributed by atoms with E-state index < -0.39 is 4.92 Å². The largest absolute Gasteiger partial charge is 0.348 e. The van der Waals surface area contributed by atoms with Crippen LogP contribution in [0.1, 0.15) is 42.0 Å². The van der Waals surface area contributed by atoms with Crippen molar-refractivity contribution in [2.24, 2.45) is 5.92 Å². The smallest absolute Gasteiger partial charge is 0.270 e. The summed E-state index contributed by atoms with van der Waals surface area (Å²) >= 11 is 0. The molecule has 0 aliphatic rings. The van der Waals surface area contributed by atoms with Crippen molar-refractivity contribution in [3.8, 4) is 11.4 Å². The Morgan fingerprint density at radius 2 is 2.00 bits per heavy atom. The summed E-state index contributed by atoms with van der Waals surface area (Å²) in [5.41, 5.74) is 3.24. The van der Waals surface area contributed by atoms with Crippen molar-refractivity contribution in [1.29, 1.82) is 0 Å². The number of non-ortho nitro benzene ring substituents is 1. The van der Waals surface area contributed by atoms with E-state index in [1.165, 1.54) is 23.1 Å². The highest BCUT2D eigenvalue weighted by Crippen LogP contribution is 2.21. The number of rotatable bonds is 8. The highest BCUT2D eigenvalue weighted by Gasteiger charge is 2.17. The third kappa shape index (κ3) is 4.59. The third-order valence-electron chi connectivity index (χ3n) is 4.96. The molecule has 0 N–H and O–H groups in total. The zero-order valence-electron chi connectivity index (χ0n) is 17.1. The van der Waals surface area contributed by atoms with E-state index in [2.05, 4.69) is 28.5 Å². The van der Waals surface area contributed by atoms with E-state index >= 15 is 0 Å². The highest BCUT2D eigenvalue weighted by molar-refractivity contribution is 5.97. The number of carbonyl (C=O) groups excluding carboxylic acids is 1. The molecular formula is C21H25N5O3. The summed E-state index contributed by atoms with van der Waals surface area (Å²) in [6, 6.07) is 8.06.